The number of hydrogen-bond acceptors (Lipinski definition) is 8. The van der Waals surface area contributed by atoms with Crippen LogP contribution in [-0.4, -0.2) is 42.0 Å². The van der Waals surface area contributed by atoms with Crippen LogP contribution < -0.4 is 24.2 Å². The van der Waals surface area contributed by atoms with Gasteiger partial charge < -0.3 is 24.1 Å². The summed E-state index contributed by atoms with van der Waals surface area (Å²) in [6.45, 7) is 0. The van der Waals surface area contributed by atoms with Gasteiger partial charge in [0, 0.05) is 23.6 Å². The van der Waals surface area contributed by atoms with E-state index in [1.807, 2.05) is 13.1 Å². The molecule has 0 atom stereocenters. The SMILES string of the molecule is CNc1cc2c(cc1OC)-c1onc(NS(=O)(=O)c3c(OC)cccc3OC)c1CC21CC1. The molecule has 174 valence electrons. The summed E-state index contributed by atoms with van der Waals surface area (Å²) in [5, 5.41) is 7.28. The van der Waals surface area contributed by atoms with Crippen molar-refractivity contribution in [3.8, 4) is 28.6 Å². The van der Waals surface area contributed by atoms with Gasteiger partial charge in [0.2, 0.25) is 0 Å². The molecular formula is C23H25N3O6S. The number of sulfonamides is 1. The minimum Gasteiger partial charge on any atom is -0.495 e. The highest BCUT2D eigenvalue weighted by Crippen LogP contribution is 2.59. The lowest BCUT2D eigenvalue weighted by atomic mass is 9.79. The molecule has 1 heterocycles. The maximum absolute atomic E-state index is 13.4. The Hall–Kier alpha value is -3.40. The second-order valence-electron chi connectivity index (χ2n) is 8.24. The fourth-order valence-corrected chi connectivity index (χ4v) is 5.98. The van der Waals surface area contributed by atoms with Crippen LogP contribution in [-0.2, 0) is 21.9 Å². The van der Waals surface area contributed by atoms with E-state index < -0.39 is 10.0 Å². The number of rotatable bonds is 7. The van der Waals surface area contributed by atoms with E-state index in [9.17, 15) is 8.42 Å². The molecule has 9 nitrogen and oxygen atoms in total. The third-order valence-electron chi connectivity index (χ3n) is 6.46. The van der Waals surface area contributed by atoms with E-state index >= 15 is 0 Å². The molecule has 1 fully saturated rings. The van der Waals surface area contributed by atoms with E-state index in [0.717, 1.165) is 35.2 Å². The number of anilines is 2. The summed E-state index contributed by atoms with van der Waals surface area (Å²) in [7, 11) is 2.20. The summed E-state index contributed by atoms with van der Waals surface area (Å²) in [6.07, 6.45) is 2.65. The zero-order chi connectivity index (χ0) is 23.4. The number of fused-ring (bicyclic) bond motifs is 4. The second kappa shape index (κ2) is 7.58. The molecule has 0 unspecified atom stereocenters. The Labute approximate surface area is 192 Å². The van der Waals surface area contributed by atoms with Crippen molar-refractivity contribution < 1.29 is 27.2 Å². The van der Waals surface area contributed by atoms with E-state index in [1.54, 1.807) is 25.3 Å². The van der Waals surface area contributed by atoms with Gasteiger partial charge in [-0.25, -0.2) is 8.42 Å². The van der Waals surface area contributed by atoms with Crippen molar-refractivity contribution in [1.29, 1.82) is 0 Å². The zero-order valence-corrected chi connectivity index (χ0v) is 19.6. The van der Waals surface area contributed by atoms with Gasteiger partial charge in [-0.1, -0.05) is 11.2 Å². The first kappa shape index (κ1) is 21.4. The van der Waals surface area contributed by atoms with Crippen molar-refractivity contribution in [2.75, 3.05) is 38.4 Å². The largest absolute Gasteiger partial charge is 0.495 e. The van der Waals surface area contributed by atoms with Crippen LogP contribution in [0.2, 0.25) is 0 Å². The molecule has 1 spiro atoms. The summed E-state index contributed by atoms with van der Waals surface area (Å²) in [5.74, 6) is 1.75. The smallest absolute Gasteiger partial charge is 0.270 e. The summed E-state index contributed by atoms with van der Waals surface area (Å²) >= 11 is 0. The topological polar surface area (TPSA) is 112 Å². The second-order valence-corrected chi connectivity index (χ2v) is 9.86. The molecule has 0 amide bonds. The fraction of sp³-hybridized carbons (Fsp3) is 0.348. The first-order valence-electron chi connectivity index (χ1n) is 10.5. The Morgan fingerprint density at radius 1 is 1.03 bits per heavy atom. The van der Waals surface area contributed by atoms with Crippen LogP contribution in [0.3, 0.4) is 0 Å². The highest BCUT2D eigenvalue weighted by Gasteiger charge is 2.51. The average molecular weight is 472 g/mol. The number of nitrogens with zero attached hydrogens (tertiary/aromatic N) is 1. The van der Waals surface area contributed by atoms with E-state index in [-0.39, 0.29) is 27.6 Å². The van der Waals surface area contributed by atoms with E-state index in [1.165, 1.54) is 14.2 Å². The predicted molar refractivity (Wildman–Crippen MR) is 123 cm³/mol. The molecule has 5 rings (SSSR count). The number of hydrogen-bond donors (Lipinski definition) is 2. The van der Waals surface area contributed by atoms with Crippen molar-refractivity contribution in [2.24, 2.45) is 0 Å². The Morgan fingerprint density at radius 2 is 1.70 bits per heavy atom. The third kappa shape index (κ3) is 3.28. The minimum absolute atomic E-state index is 0.0614. The molecule has 0 radical (unpaired) electrons. The molecule has 2 N–H and O–H groups in total. The standard InChI is InChI=1S/C23H25N3O6S/c1-24-16-11-15-13(10-19(16)31-4)20-14(12-23(15)8-9-23)22(25-32-20)26-33(27,28)21-17(29-2)6-5-7-18(21)30-3/h5-7,10-11,24H,8-9,12H2,1-4H3,(H,25,26). The van der Waals surface area contributed by atoms with Crippen molar-refractivity contribution in [3.63, 3.8) is 0 Å². The van der Waals surface area contributed by atoms with Gasteiger partial charge in [0.1, 0.15) is 17.2 Å². The normalized spacial score (nSPS) is 15.4. The van der Waals surface area contributed by atoms with Gasteiger partial charge in [-0.05, 0) is 49.1 Å². The minimum atomic E-state index is -4.08. The Kier molecular flexibility index (Phi) is 4.93. The maximum Gasteiger partial charge on any atom is 0.270 e. The zero-order valence-electron chi connectivity index (χ0n) is 18.8. The van der Waals surface area contributed by atoms with Crippen molar-refractivity contribution in [3.05, 3.63) is 41.5 Å². The van der Waals surface area contributed by atoms with Crippen LogP contribution in [0.15, 0.2) is 39.8 Å². The Bertz CT molecular complexity index is 1320. The van der Waals surface area contributed by atoms with E-state index in [4.69, 9.17) is 18.7 Å². The molecule has 2 aromatic carbocycles. The molecule has 0 aliphatic heterocycles. The first-order chi connectivity index (χ1) is 15.9. The molecule has 2 aliphatic rings. The van der Waals surface area contributed by atoms with Crippen LogP contribution >= 0.6 is 0 Å². The molecule has 3 aromatic rings. The van der Waals surface area contributed by atoms with Crippen molar-refractivity contribution in [1.82, 2.24) is 5.16 Å². The lowest BCUT2D eigenvalue weighted by Gasteiger charge is -2.26. The van der Waals surface area contributed by atoms with Gasteiger partial charge in [0.25, 0.3) is 10.0 Å². The van der Waals surface area contributed by atoms with Gasteiger partial charge in [0.15, 0.2) is 16.5 Å². The van der Waals surface area contributed by atoms with Gasteiger partial charge in [-0.3, -0.25) is 4.72 Å². The van der Waals surface area contributed by atoms with E-state index in [0.29, 0.717) is 17.9 Å². The number of nitrogens with one attached hydrogen (secondary N) is 2. The summed E-state index contributed by atoms with van der Waals surface area (Å²) in [6, 6.07) is 8.81. The van der Waals surface area contributed by atoms with Crippen molar-refractivity contribution in [2.45, 2.75) is 29.6 Å². The third-order valence-corrected chi connectivity index (χ3v) is 7.87. The van der Waals surface area contributed by atoms with Gasteiger partial charge in [0.05, 0.1) is 27.0 Å². The molecule has 10 heteroatoms. The number of benzene rings is 2. The predicted octanol–water partition coefficient (Wildman–Crippen LogP) is 3.80. The summed E-state index contributed by atoms with van der Waals surface area (Å²) in [4.78, 5) is -0.0931. The van der Waals surface area contributed by atoms with Crippen molar-refractivity contribution >= 4 is 21.5 Å². The molecule has 2 aliphatic carbocycles. The lowest BCUT2D eigenvalue weighted by Crippen LogP contribution is -2.20. The van der Waals surface area contributed by atoms with Gasteiger partial charge >= 0.3 is 0 Å². The number of ether oxygens (including phenoxy) is 3. The van der Waals surface area contributed by atoms with Crippen LogP contribution in [0.1, 0.15) is 24.0 Å². The maximum atomic E-state index is 13.4. The van der Waals surface area contributed by atoms with Gasteiger partial charge in [-0.15, -0.1) is 0 Å². The Balaban J connectivity index is 1.60. The van der Waals surface area contributed by atoms with Gasteiger partial charge in [-0.2, -0.15) is 0 Å². The molecule has 1 saturated carbocycles. The first-order valence-corrected chi connectivity index (χ1v) is 12.0. The van der Waals surface area contributed by atoms with Crippen LogP contribution in [0, 0.1) is 0 Å². The van der Waals surface area contributed by atoms with E-state index in [2.05, 4.69) is 21.3 Å². The quantitative estimate of drug-likeness (QED) is 0.535. The monoisotopic (exact) mass is 471 g/mol. The Morgan fingerprint density at radius 3 is 2.27 bits per heavy atom. The summed E-state index contributed by atoms with van der Waals surface area (Å²) in [5.41, 5.74) is 3.61. The average Bonchev–Trinajstić information content (AvgIpc) is 3.50. The summed E-state index contributed by atoms with van der Waals surface area (Å²) < 4.78 is 51.1. The highest BCUT2D eigenvalue weighted by molar-refractivity contribution is 7.93. The van der Waals surface area contributed by atoms with Crippen LogP contribution in [0.25, 0.3) is 11.3 Å². The molecule has 0 bridgehead atoms. The highest BCUT2D eigenvalue weighted by atomic mass is 32.2. The number of methoxy groups -OCH3 is 3. The molecular weight excluding hydrogens is 446 g/mol. The molecule has 1 aromatic heterocycles. The number of aromatic nitrogens is 1. The van der Waals surface area contributed by atoms with Crippen LogP contribution in [0.5, 0.6) is 17.2 Å². The molecule has 33 heavy (non-hydrogen) atoms. The lowest BCUT2D eigenvalue weighted by molar-refractivity contribution is 0.373. The fourth-order valence-electron chi connectivity index (χ4n) is 4.63. The van der Waals surface area contributed by atoms with Crippen LogP contribution in [0.4, 0.5) is 11.5 Å². The molecule has 0 saturated heterocycles.